The maximum atomic E-state index is 12.7. The lowest BCUT2D eigenvalue weighted by Crippen LogP contribution is -1.75. The molecule has 2 aromatic rings. The quantitative estimate of drug-likeness (QED) is 0.581. The second-order valence-corrected chi connectivity index (χ2v) is 3.07. The topological polar surface area (TPSA) is 0 Å². The molecular formula is C10H6ClF. The van der Waals surface area contributed by atoms with Gasteiger partial charge >= 0.3 is 0 Å². The van der Waals surface area contributed by atoms with E-state index >= 15 is 0 Å². The fourth-order valence-electron chi connectivity index (χ4n) is 1.19. The number of rotatable bonds is 0. The molecule has 2 aromatic carbocycles. The molecule has 0 spiro atoms. The van der Waals surface area contributed by atoms with E-state index in [0.717, 1.165) is 10.8 Å². The lowest BCUT2D eigenvalue weighted by Gasteiger charge is -1.97. The van der Waals surface area contributed by atoms with E-state index in [1.807, 2.05) is 6.07 Å². The Morgan fingerprint density at radius 2 is 1.58 bits per heavy atom. The SMILES string of the molecule is Fc1ccc2cc(Cl)ccc2c1. The van der Waals surface area contributed by atoms with Crippen LogP contribution in [0.1, 0.15) is 0 Å². The molecule has 0 aliphatic carbocycles. The van der Waals surface area contributed by atoms with Gasteiger partial charge in [0, 0.05) is 5.02 Å². The van der Waals surface area contributed by atoms with Crippen molar-refractivity contribution in [1.29, 1.82) is 0 Å². The van der Waals surface area contributed by atoms with Crippen molar-refractivity contribution < 1.29 is 4.39 Å². The van der Waals surface area contributed by atoms with E-state index in [0.29, 0.717) is 5.02 Å². The molecule has 0 bridgehead atoms. The Morgan fingerprint density at radius 1 is 0.917 bits per heavy atom. The third-order valence-corrected chi connectivity index (χ3v) is 2.00. The summed E-state index contributed by atoms with van der Waals surface area (Å²) in [6.45, 7) is 0. The molecule has 0 saturated carbocycles. The average Bonchev–Trinajstić information content (AvgIpc) is 2.05. The standard InChI is InChI=1S/C10H6ClF/c11-9-3-1-8-6-10(12)4-2-7(8)5-9/h1-6H. The van der Waals surface area contributed by atoms with Crippen molar-refractivity contribution in [2.75, 3.05) is 0 Å². The van der Waals surface area contributed by atoms with Crippen molar-refractivity contribution in [3.63, 3.8) is 0 Å². The van der Waals surface area contributed by atoms with Gasteiger partial charge < -0.3 is 0 Å². The second kappa shape index (κ2) is 2.76. The van der Waals surface area contributed by atoms with Crippen LogP contribution in [0.4, 0.5) is 4.39 Å². The first-order chi connectivity index (χ1) is 5.75. The summed E-state index contributed by atoms with van der Waals surface area (Å²) in [4.78, 5) is 0. The molecule has 60 valence electrons. The predicted molar refractivity (Wildman–Crippen MR) is 48.9 cm³/mol. The summed E-state index contributed by atoms with van der Waals surface area (Å²) < 4.78 is 12.7. The van der Waals surface area contributed by atoms with Crippen LogP contribution >= 0.6 is 11.6 Å². The van der Waals surface area contributed by atoms with E-state index in [-0.39, 0.29) is 5.82 Å². The summed E-state index contributed by atoms with van der Waals surface area (Å²) in [5.74, 6) is -0.218. The van der Waals surface area contributed by atoms with Gasteiger partial charge in [-0.2, -0.15) is 0 Å². The van der Waals surface area contributed by atoms with Crippen LogP contribution in [0, 0.1) is 5.82 Å². The van der Waals surface area contributed by atoms with Gasteiger partial charge in [-0.3, -0.25) is 0 Å². The largest absolute Gasteiger partial charge is 0.207 e. The van der Waals surface area contributed by atoms with Gasteiger partial charge in [-0.15, -0.1) is 0 Å². The van der Waals surface area contributed by atoms with Crippen molar-refractivity contribution in [2.24, 2.45) is 0 Å². The monoisotopic (exact) mass is 180 g/mol. The lowest BCUT2D eigenvalue weighted by molar-refractivity contribution is 0.630. The van der Waals surface area contributed by atoms with Crippen LogP contribution in [0.25, 0.3) is 10.8 Å². The van der Waals surface area contributed by atoms with Crippen LogP contribution in [-0.4, -0.2) is 0 Å². The third kappa shape index (κ3) is 1.28. The van der Waals surface area contributed by atoms with Crippen molar-refractivity contribution in [3.05, 3.63) is 47.2 Å². The van der Waals surface area contributed by atoms with Crippen molar-refractivity contribution in [1.82, 2.24) is 0 Å². The van der Waals surface area contributed by atoms with E-state index in [1.165, 1.54) is 12.1 Å². The highest BCUT2D eigenvalue weighted by atomic mass is 35.5. The maximum absolute atomic E-state index is 12.7. The minimum atomic E-state index is -0.218. The van der Waals surface area contributed by atoms with Crippen LogP contribution in [0.15, 0.2) is 36.4 Å². The summed E-state index contributed by atoms with van der Waals surface area (Å²) in [5, 5.41) is 2.51. The number of hydrogen-bond acceptors (Lipinski definition) is 0. The van der Waals surface area contributed by atoms with E-state index in [1.54, 1.807) is 18.2 Å². The highest BCUT2D eigenvalue weighted by Gasteiger charge is 1.95. The van der Waals surface area contributed by atoms with Gasteiger partial charge in [-0.05, 0) is 35.0 Å². The molecule has 2 heteroatoms. The van der Waals surface area contributed by atoms with E-state index in [9.17, 15) is 4.39 Å². The number of hydrogen-bond donors (Lipinski definition) is 0. The summed E-state index contributed by atoms with van der Waals surface area (Å²) in [5.41, 5.74) is 0. The van der Waals surface area contributed by atoms with Crippen LogP contribution in [-0.2, 0) is 0 Å². The Morgan fingerprint density at radius 3 is 2.42 bits per heavy atom. The molecule has 0 N–H and O–H groups in total. The first kappa shape index (κ1) is 7.56. The Hall–Kier alpha value is -1.08. The average molecular weight is 181 g/mol. The fourth-order valence-corrected chi connectivity index (χ4v) is 1.37. The molecule has 0 aromatic heterocycles. The lowest BCUT2D eigenvalue weighted by atomic mass is 10.1. The first-order valence-electron chi connectivity index (χ1n) is 3.60. The van der Waals surface area contributed by atoms with Gasteiger partial charge in [0.1, 0.15) is 5.82 Å². The van der Waals surface area contributed by atoms with Crippen molar-refractivity contribution in [2.45, 2.75) is 0 Å². The van der Waals surface area contributed by atoms with Crippen molar-refractivity contribution in [3.8, 4) is 0 Å². The van der Waals surface area contributed by atoms with Gasteiger partial charge in [-0.1, -0.05) is 23.7 Å². The molecule has 0 fully saturated rings. The molecule has 0 nitrogen and oxygen atoms in total. The van der Waals surface area contributed by atoms with Gasteiger partial charge in [-0.25, -0.2) is 4.39 Å². The molecular weight excluding hydrogens is 175 g/mol. The number of halogens is 2. The maximum Gasteiger partial charge on any atom is 0.123 e. The number of benzene rings is 2. The Labute approximate surface area is 74.6 Å². The smallest absolute Gasteiger partial charge is 0.123 e. The van der Waals surface area contributed by atoms with Crippen LogP contribution in [0.3, 0.4) is 0 Å². The molecule has 0 unspecified atom stereocenters. The summed E-state index contributed by atoms with van der Waals surface area (Å²) >= 11 is 5.76. The summed E-state index contributed by atoms with van der Waals surface area (Å²) in [6, 6.07) is 10.0. The molecule has 0 atom stereocenters. The normalized spacial score (nSPS) is 10.5. The first-order valence-corrected chi connectivity index (χ1v) is 3.98. The molecule has 0 aliphatic rings. The highest BCUT2D eigenvalue weighted by Crippen LogP contribution is 2.19. The zero-order valence-electron chi connectivity index (χ0n) is 6.22. The Kier molecular flexibility index (Phi) is 1.74. The second-order valence-electron chi connectivity index (χ2n) is 2.64. The third-order valence-electron chi connectivity index (χ3n) is 1.76. The molecule has 0 heterocycles. The van der Waals surface area contributed by atoms with E-state index < -0.39 is 0 Å². The summed E-state index contributed by atoms with van der Waals surface area (Å²) in [7, 11) is 0. The Bertz CT molecular complexity index is 382. The van der Waals surface area contributed by atoms with Gasteiger partial charge in [0.05, 0.1) is 0 Å². The zero-order chi connectivity index (χ0) is 8.55. The minimum absolute atomic E-state index is 0.218. The zero-order valence-corrected chi connectivity index (χ0v) is 6.98. The predicted octanol–water partition coefficient (Wildman–Crippen LogP) is 3.63. The van der Waals surface area contributed by atoms with E-state index in [4.69, 9.17) is 11.6 Å². The van der Waals surface area contributed by atoms with Crippen molar-refractivity contribution >= 4 is 22.4 Å². The minimum Gasteiger partial charge on any atom is -0.207 e. The molecule has 0 radical (unpaired) electrons. The Balaban J connectivity index is 2.79. The molecule has 0 aliphatic heterocycles. The molecule has 2 rings (SSSR count). The highest BCUT2D eigenvalue weighted by molar-refractivity contribution is 6.31. The van der Waals surface area contributed by atoms with Crippen LogP contribution < -0.4 is 0 Å². The molecule has 0 amide bonds. The van der Waals surface area contributed by atoms with Crippen LogP contribution in [0.2, 0.25) is 5.02 Å². The van der Waals surface area contributed by atoms with Gasteiger partial charge in [0.15, 0.2) is 0 Å². The molecule has 0 saturated heterocycles. The van der Waals surface area contributed by atoms with Gasteiger partial charge in [0.25, 0.3) is 0 Å². The fraction of sp³-hybridized carbons (Fsp3) is 0. The van der Waals surface area contributed by atoms with Crippen LogP contribution in [0.5, 0.6) is 0 Å². The summed E-state index contributed by atoms with van der Waals surface area (Å²) in [6.07, 6.45) is 0. The number of fused-ring (bicyclic) bond motifs is 1. The van der Waals surface area contributed by atoms with Gasteiger partial charge in [0.2, 0.25) is 0 Å². The molecule has 12 heavy (non-hydrogen) atoms. The van der Waals surface area contributed by atoms with E-state index in [2.05, 4.69) is 0 Å².